The Morgan fingerprint density at radius 3 is 2.71 bits per heavy atom. The number of hydrogen-bond acceptors (Lipinski definition) is 3. The van der Waals surface area contributed by atoms with Gasteiger partial charge >= 0.3 is 0 Å². The number of piperidine rings is 1. The lowest BCUT2D eigenvalue weighted by Gasteiger charge is -2.26. The lowest BCUT2D eigenvalue weighted by atomic mass is 10.1. The van der Waals surface area contributed by atoms with Crippen molar-refractivity contribution in [1.29, 1.82) is 0 Å². The number of nitrogens with two attached hydrogens (primary N) is 1. The molecule has 1 saturated heterocycles. The Balaban J connectivity index is 2.06. The Morgan fingerprint density at radius 2 is 2.06 bits per heavy atom. The molecule has 0 unspecified atom stereocenters. The van der Waals surface area contributed by atoms with Gasteiger partial charge in [0.2, 0.25) is 5.91 Å². The van der Waals surface area contributed by atoms with Crippen LogP contribution in [0.3, 0.4) is 0 Å². The molecule has 0 radical (unpaired) electrons. The van der Waals surface area contributed by atoms with Crippen LogP contribution < -0.4 is 11.1 Å². The highest BCUT2D eigenvalue weighted by atomic mass is 16.2. The average Bonchev–Trinajstić information content (AvgIpc) is 2.37. The van der Waals surface area contributed by atoms with Crippen LogP contribution in [0.25, 0.3) is 0 Å². The van der Waals surface area contributed by atoms with Gasteiger partial charge in [0.25, 0.3) is 0 Å². The van der Waals surface area contributed by atoms with Crippen LogP contribution in [-0.4, -0.2) is 43.0 Å². The molecule has 1 atom stereocenters. The van der Waals surface area contributed by atoms with Gasteiger partial charge in [0.1, 0.15) is 0 Å². The molecule has 0 bridgehead atoms. The highest BCUT2D eigenvalue weighted by molar-refractivity contribution is 5.81. The van der Waals surface area contributed by atoms with Crippen LogP contribution in [-0.2, 0) is 4.79 Å². The number of nitrogens with zero attached hydrogens (tertiary/aromatic N) is 1. The van der Waals surface area contributed by atoms with Crippen molar-refractivity contribution in [3.05, 3.63) is 0 Å². The van der Waals surface area contributed by atoms with E-state index in [-0.39, 0.29) is 11.9 Å². The summed E-state index contributed by atoms with van der Waals surface area (Å²) < 4.78 is 0. The molecule has 1 amide bonds. The van der Waals surface area contributed by atoms with Gasteiger partial charge in [0.05, 0.1) is 6.04 Å². The normalized spacial score (nSPS) is 18.9. The molecular weight excluding hydrogens is 214 g/mol. The quantitative estimate of drug-likeness (QED) is 0.702. The van der Waals surface area contributed by atoms with E-state index in [2.05, 4.69) is 17.1 Å². The summed E-state index contributed by atoms with van der Waals surface area (Å²) in [6, 6.07) is -0.323. The second kappa shape index (κ2) is 8.48. The van der Waals surface area contributed by atoms with Gasteiger partial charge in [-0.15, -0.1) is 0 Å². The van der Waals surface area contributed by atoms with Gasteiger partial charge in [-0.05, 0) is 32.4 Å². The minimum Gasteiger partial charge on any atom is -0.353 e. The van der Waals surface area contributed by atoms with Crippen LogP contribution >= 0.6 is 0 Å². The molecule has 0 saturated carbocycles. The lowest BCUT2D eigenvalue weighted by Crippen LogP contribution is -2.44. The minimum atomic E-state index is -0.323. The topological polar surface area (TPSA) is 58.4 Å². The molecular formula is C13H27N3O. The first-order chi connectivity index (χ1) is 8.24. The Hall–Kier alpha value is -0.610. The Kier molecular flexibility index (Phi) is 7.21. The fourth-order valence-electron chi connectivity index (χ4n) is 2.21. The second-order valence-electron chi connectivity index (χ2n) is 4.94. The maximum absolute atomic E-state index is 11.6. The molecule has 0 spiro atoms. The number of rotatable bonds is 7. The summed E-state index contributed by atoms with van der Waals surface area (Å²) >= 11 is 0. The predicted molar refractivity (Wildman–Crippen MR) is 70.8 cm³/mol. The predicted octanol–water partition coefficient (Wildman–Crippen LogP) is 1.11. The summed E-state index contributed by atoms with van der Waals surface area (Å²) in [6.07, 6.45) is 6.86. The summed E-state index contributed by atoms with van der Waals surface area (Å²) in [6.45, 7) is 6.17. The van der Waals surface area contributed by atoms with E-state index in [0.717, 1.165) is 32.4 Å². The Bertz CT molecular complexity index is 215. The van der Waals surface area contributed by atoms with E-state index in [9.17, 15) is 4.79 Å². The molecule has 1 aliphatic heterocycles. The number of likely N-dealkylation sites (tertiary alicyclic amines) is 1. The Labute approximate surface area is 105 Å². The maximum atomic E-state index is 11.6. The number of unbranched alkanes of at least 4 members (excludes halogenated alkanes) is 1. The Morgan fingerprint density at radius 1 is 1.35 bits per heavy atom. The first-order valence-electron chi connectivity index (χ1n) is 6.99. The number of nitrogens with one attached hydrogen (secondary N) is 1. The molecule has 0 aromatic heterocycles. The van der Waals surface area contributed by atoms with Crippen molar-refractivity contribution in [2.24, 2.45) is 5.73 Å². The molecule has 1 rings (SSSR count). The summed E-state index contributed by atoms with van der Waals surface area (Å²) in [7, 11) is 0. The summed E-state index contributed by atoms with van der Waals surface area (Å²) in [5.74, 6) is 0.00968. The molecule has 0 aromatic rings. The van der Waals surface area contributed by atoms with Gasteiger partial charge < -0.3 is 16.0 Å². The molecule has 1 heterocycles. The van der Waals surface area contributed by atoms with Crippen LogP contribution in [0.15, 0.2) is 0 Å². The zero-order valence-electron chi connectivity index (χ0n) is 11.1. The van der Waals surface area contributed by atoms with Gasteiger partial charge in [-0.3, -0.25) is 4.79 Å². The summed E-state index contributed by atoms with van der Waals surface area (Å²) in [5, 5.41) is 2.93. The maximum Gasteiger partial charge on any atom is 0.236 e. The zero-order valence-corrected chi connectivity index (χ0v) is 11.1. The van der Waals surface area contributed by atoms with Crippen LogP contribution in [0.4, 0.5) is 0 Å². The smallest absolute Gasteiger partial charge is 0.236 e. The van der Waals surface area contributed by atoms with E-state index in [0.29, 0.717) is 0 Å². The first-order valence-corrected chi connectivity index (χ1v) is 6.99. The van der Waals surface area contributed by atoms with E-state index < -0.39 is 0 Å². The van der Waals surface area contributed by atoms with Crippen LogP contribution in [0, 0.1) is 0 Å². The van der Waals surface area contributed by atoms with E-state index in [1.54, 1.807) is 0 Å². The van der Waals surface area contributed by atoms with Crippen molar-refractivity contribution in [2.75, 3.05) is 26.2 Å². The van der Waals surface area contributed by atoms with Gasteiger partial charge in [-0.25, -0.2) is 0 Å². The van der Waals surface area contributed by atoms with E-state index in [4.69, 9.17) is 5.73 Å². The highest BCUT2D eigenvalue weighted by Gasteiger charge is 2.13. The third kappa shape index (κ3) is 6.03. The minimum absolute atomic E-state index is 0.00968. The number of carbonyl (C=O) groups excluding carboxylic acids is 1. The number of amides is 1. The van der Waals surface area contributed by atoms with Gasteiger partial charge in [-0.2, -0.15) is 0 Å². The highest BCUT2D eigenvalue weighted by Crippen LogP contribution is 2.07. The lowest BCUT2D eigenvalue weighted by molar-refractivity contribution is -0.122. The molecule has 0 aromatic carbocycles. The monoisotopic (exact) mass is 241 g/mol. The SMILES string of the molecule is CCCC[C@H](N)C(=O)NCCN1CCCCC1. The van der Waals surface area contributed by atoms with Crippen LogP contribution in [0.1, 0.15) is 45.4 Å². The molecule has 17 heavy (non-hydrogen) atoms. The zero-order chi connectivity index (χ0) is 12.5. The van der Waals surface area contributed by atoms with Gasteiger partial charge in [0.15, 0.2) is 0 Å². The molecule has 3 N–H and O–H groups in total. The van der Waals surface area contributed by atoms with Gasteiger partial charge in [-0.1, -0.05) is 26.2 Å². The van der Waals surface area contributed by atoms with Gasteiger partial charge in [0, 0.05) is 13.1 Å². The van der Waals surface area contributed by atoms with E-state index in [1.165, 1.54) is 32.4 Å². The first kappa shape index (κ1) is 14.5. The van der Waals surface area contributed by atoms with Crippen molar-refractivity contribution >= 4 is 5.91 Å². The molecule has 4 heteroatoms. The fourth-order valence-corrected chi connectivity index (χ4v) is 2.21. The van der Waals surface area contributed by atoms with E-state index >= 15 is 0 Å². The molecule has 1 fully saturated rings. The number of carbonyl (C=O) groups is 1. The van der Waals surface area contributed by atoms with Crippen LogP contribution in [0.5, 0.6) is 0 Å². The number of hydrogen-bond donors (Lipinski definition) is 2. The molecule has 100 valence electrons. The van der Waals surface area contributed by atoms with Crippen molar-refractivity contribution in [2.45, 2.75) is 51.5 Å². The van der Waals surface area contributed by atoms with Crippen molar-refractivity contribution < 1.29 is 4.79 Å². The van der Waals surface area contributed by atoms with E-state index in [1.807, 2.05) is 0 Å². The van der Waals surface area contributed by atoms with Crippen LogP contribution in [0.2, 0.25) is 0 Å². The summed E-state index contributed by atoms with van der Waals surface area (Å²) in [4.78, 5) is 14.1. The standard InChI is InChI=1S/C13H27N3O/c1-2-3-7-12(14)13(17)15-8-11-16-9-5-4-6-10-16/h12H,2-11,14H2,1H3,(H,15,17)/t12-/m0/s1. The second-order valence-corrected chi connectivity index (χ2v) is 4.94. The molecule has 0 aliphatic carbocycles. The summed E-state index contributed by atoms with van der Waals surface area (Å²) in [5.41, 5.74) is 5.80. The molecule has 1 aliphatic rings. The third-order valence-corrected chi connectivity index (χ3v) is 3.38. The molecule has 4 nitrogen and oxygen atoms in total. The van der Waals surface area contributed by atoms with Crippen molar-refractivity contribution in [3.8, 4) is 0 Å². The average molecular weight is 241 g/mol. The van der Waals surface area contributed by atoms with Crippen molar-refractivity contribution in [1.82, 2.24) is 10.2 Å². The third-order valence-electron chi connectivity index (χ3n) is 3.38. The van der Waals surface area contributed by atoms with Crippen molar-refractivity contribution in [3.63, 3.8) is 0 Å². The largest absolute Gasteiger partial charge is 0.353 e. The fraction of sp³-hybridized carbons (Fsp3) is 0.923.